The molecule has 0 spiro atoms. The summed E-state index contributed by atoms with van der Waals surface area (Å²) in [6.45, 7) is 1.73. The Bertz CT molecular complexity index is 1880. The van der Waals surface area contributed by atoms with E-state index in [0.29, 0.717) is 30.5 Å². The van der Waals surface area contributed by atoms with E-state index in [4.69, 9.17) is 9.79 Å². The van der Waals surface area contributed by atoms with Crippen molar-refractivity contribution in [2.24, 2.45) is 5.92 Å². The molecule has 48 heavy (non-hydrogen) atoms. The zero-order valence-corrected chi connectivity index (χ0v) is 27.4. The number of alkyl halides is 2. The van der Waals surface area contributed by atoms with Crippen LogP contribution in [0, 0.1) is 17.2 Å². The Balaban J connectivity index is 1.26. The Morgan fingerprint density at radius 3 is 2.46 bits per heavy atom. The van der Waals surface area contributed by atoms with Gasteiger partial charge < -0.3 is 29.8 Å². The fraction of sp³-hybridized carbons (Fsp3) is 0.406. The van der Waals surface area contributed by atoms with Crippen LogP contribution in [0.2, 0.25) is 0 Å². The van der Waals surface area contributed by atoms with Crippen molar-refractivity contribution in [3.63, 3.8) is 0 Å². The Labute approximate surface area is 278 Å². The van der Waals surface area contributed by atoms with Gasteiger partial charge in [-0.25, -0.2) is 0 Å². The number of amides is 4. The third kappa shape index (κ3) is 5.98. The molecule has 4 heterocycles. The highest BCUT2D eigenvalue weighted by atomic mass is 32.1. The Kier molecular flexibility index (Phi) is 8.89. The molecule has 0 saturated carbocycles. The summed E-state index contributed by atoms with van der Waals surface area (Å²) in [7, 11) is -5.81. The van der Waals surface area contributed by atoms with Gasteiger partial charge in [-0.3, -0.25) is 23.7 Å². The maximum Gasteiger partial charge on any atom is 0.399 e. The summed E-state index contributed by atoms with van der Waals surface area (Å²) in [6.07, 6.45) is 1.33. The van der Waals surface area contributed by atoms with Gasteiger partial charge in [0, 0.05) is 42.9 Å². The van der Waals surface area contributed by atoms with E-state index in [1.807, 2.05) is 30.3 Å². The molecule has 3 N–H and O–H groups in total. The Morgan fingerprint density at radius 2 is 1.79 bits per heavy atom. The highest BCUT2D eigenvalue weighted by Gasteiger charge is 2.52. The predicted molar refractivity (Wildman–Crippen MR) is 170 cm³/mol. The first-order valence-corrected chi connectivity index (χ1v) is 17.7. The third-order valence-electron chi connectivity index (χ3n) is 9.38. The number of hydrogen-bond donors (Lipinski definition) is 3. The van der Waals surface area contributed by atoms with Crippen molar-refractivity contribution in [1.29, 1.82) is 5.26 Å². The monoisotopic (exact) mass is 699 g/mol. The van der Waals surface area contributed by atoms with Crippen LogP contribution in [-0.4, -0.2) is 85.9 Å². The van der Waals surface area contributed by atoms with Crippen molar-refractivity contribution < 1.29 is 42.3 Å². The number of rotatable bonds is 6. The second kappa shape index (κ2) is 12.7. The molecule has 252 valence electrons. The standard InChI is InChI=1S/C32H32F2N5O7PS/c1-18(40)37-12-11-23-8-9-25(31(43)38-16-21(15-35)28(38)19-5-3-2-4-6-19)39(23)30(42)24(17-37)36-29(41)27-14-20-13-22(7-10-26(20)48-27)32(33,34)47(44,45)46/h2-7,10,13-14,21,23-25,28H,8-9,11-12,16-17H2,1H3,(H,36,41)(H2,44,45,46)/t21-,23-,24+,25+,28+/m1/s1. The van der Waals surface area contributed by atoms with E-state index in [9.17, 15) is 37.8 Å². The van der Waals surface area contributed by atoms with Crippen LogP contribution in [0.4, 0.5) is 8.78 Å². The molecule has 4 amide bonds. The van der Waals surface area contributed by atoms with Gasteiger partial charge in [0.1, 0.15) is 12.1 Å². The summed E-state index contributed by atoms with van der Waals surface area (Å²) in [5.41, 5.74) is -4.52. The Hall–Kier alpha value is -4.22. The lowest BCUT2D eigenvalue weighted by molar-refractivity contribution is -0.155. The van der Waals surface area contributed by atoms with Gasteiger partial charge >= 0.3 is 13.3 Å². The number of nitrogens with one attached hydrogen (secondary N) is 1. The normalized spacial score (nSPS) is 24.7. The van der Waals surface area contributed by atoms with Crippen molar-refractivity contribution in [2.75, 3.05) is 19.6 Å². The third-order valence-corrected chi connectivity index (χ3v) is 11.5. The van der Waals surface area contributed by atoms with Crippen molar-refractivity contribution in [1.82, 2.24) is 20.0 Å². The van der Waals surface area contributed by atoms with Gasteiger partial charge in [-0.2, -0.15) is 14.0 Å². The average molecular weight is 700 g/mol. The van der Waals surface area contributed by atoms with E-state index in [1.165, 1.54) is 28.9 Å². The summed E-state index contributed by atoms with van der Waals surface area (Å²) >= 11 is 0.935. The number of likely N-dealkylation sites (tertiary alicyclic amines) is 1. The summed E-state index contributed by atoms with van der Waals surface area (Å²) in [5.74, 6) is -2.23. The fourth-order valence-corrected chi connectivity index (χ4v) is 8.27. The largest absolute Gasteiger partial charge is 0.399 e. The molecule has 3 aromatic rings. The lowest BCUT2D eigenvalue weighted by Gasteiger charge is -2.47. The first-order valence-electron chi connectivity index (χ1n) is 15.3. The molecule has 12 nitrogen and oxygen atoms in total. The smallest absolute Gasteiger partial charge is 0.340 e. The molecule has 3 saturated heterocycles. The van der Waals surface area contributed by atoms with E-state index < -0.39 is 54.7 Å². The molecular weight excluding hydrogens is 667 g/mol. The minimum atomic E-state index is -5.81. The number of thiophene rings is 1. The number of nitrogens with zero attached hydrogens (tertiary/aromatic N) is 4. The van der Waals surface area contributed by atoms with Crippen LogP contribution in [0.25, 0.3) is 10.1 Å². The van der Waals surface area contributed by atoms with Gasteiger partial charge in [-0.1, -0.05) is 36.4 Å². The number of benzene rings is 2. The molecule has 2 aromatic carbocycles. The van der Waals surface area contributed by atoms with E-state index in [-0.39, 0.29) is 41.2 Å². The number of halogens is 2. The lowest BCUT2D eigenvalue weighted by atomic mass is 9.83. The minimum Gasteiger partial charge on any atom is -0.340 e. The van der Waals surface area contributed by atoms with Crippen molar-refractivity contribution in [3.8, 4) is 6.07 Å². The van der Waals surface area contributed by atoms with Gasteiger partial charge in [0.15, 0.2) is 0 Å². The van der Waals surface area contributed by atoms with Crippen molar-refractivity contribution >= 4 is 52.6 Å². The quantitative estimate of drug-likeness (QED) is 0.328. The lowest BCUT2D eigenvalue weighted by Crippen LogP contribution is -2.63. The van der Waals surface area contributed by atoms with Crippen LogP contribution in [0.5, 0.6) is 0 Å². The molecule has 16 heteroatoms. The molecule has 3 aliphatic heterocycles. The molecule has 0 radical (unpaired) electrons. The second-order valence-corrected chi connectivity index (χ2v) is 15.0. The molecule has 0 bridgehead atoms. The maximum atomic E-state index is 14.3. The number of carbonyl (C=O) groups excluding carboxylic acids is 4. The van der Waals surface area contributed by atoms with E-state index in [1.54, 1.807) is 4.90 Å². The van der Waals surface area contributed by atoms with Gasteiger partial charge in [-0.05, 0) is 48.4 Å². The predicted octanol–water partition coefficient (Wildman–Crippen LogP) is 3.56. The number of hydrogen-bond acceptors (Lipinski definition) is 7. The van der Waals surface area contributed by atoms with Gasteiger partial charge in [0.05, 0.1) is 22.9 Å². The average Bonchev–Trinajstić information content (AvgIpc) is 3.65. The SMILES string of the molecule is CC(=O)N1CC[C@H]2CC[C@@H](C(=O)N3C[C@@H](C#N)[C@@H]3c3ccccc3)N2C(=O)[C@@H](NC(=O)c2cc3cc(C(F)(F)P(=O)(O)O)ccc3s2)C1. The van der Waals surface area contributed by atoms with Gasteiger partial charge in [0.2, 0.25) is 17.7 Å². The van der Waals surface area contributed by atoms with Crippen LogP contribution in [0.1, 0.15) is 53.0 Å². The number of fused-ring (bicyclic) bond motifs is 2. The molecule has 0 aliphatic carbocycles. The summed E-state index contributed by atoms with van der Waals surface area (Å²) in [5, 5.41) is 12.5. The maximum absolute atomic E-state index is 14.3. The second-order valence-electron chi connectivity index (χ2n) is 12.3. The highest BCUT2D eigenvalue weighted by Crippen LogP contribution is 2.59. The molecule has 5 atom stereocenters. The van der Waals surface area contributed by atoms with Crippen LogP contribution >= 0.6 is 18.9 Å². The molecule has 6 rings (SSSR count). The number of nitriles is 1. The molecule has 1 aromatic heterocycles. The summed E-state index contributed by atoms with van der Waals surface area (Å²) in [6, 6.07) is 12.9. The first-order chi connectivity index (χ1) is 22.7. The van der Waals surface area contributed by atoms with E-state index in [0.717, 1.165) is 29.0 Å². The van der Waals surface area contributed by atoms with Crippen LogP contribution in [0.15, 0.2) is 54.6 Å². The molecule has 3 fully saturated rings. The molecule has 3 aliphatic rings. The molecule has 0 unspecified atom stereocenters. The highest BCUT2D eigenvalue weighted by molar-refractivity contribution is 7.52. The summed E-state index contributed by atoms with van der Waals surface area (Å²) in [4.78, 5) is 77.2. The van der Waals surface area contributed by atoms with E-state index in [2.05, 4.69) is 11.4 Å². The van der Waals surface area contributed by atoms with E-state index >= 15 is 0 Å². The fourth-order valence-electron chi connectivity index (χ4n) is 6.85. The van der Waals surface area contributed by atoms with Crippen LogP contribution < -0.4 is 5.32 Å². The number of carbonyl (C=O) groups is 4. The Morgan fingerprint density at radius 1 is 1.06 bits per heavy atom. The zero-order valence-electron chi connectivity index (χ0n) is 25.7. The first kappa shape index (κ1) is 33.7. The van der Waals surface area contributed by atoms with Crippen molar-refractivity contribution in [2.45, 2.75) is 56.0 Å². The molecular formula is C32H32F2N5O7PS. The van der Waals surface area contributed by atoms with Crippen LogP contribution in [-0.2, 0) is 24.6 Å². The summed E-state index contributed by atoms with van der Waals surface area (Å²) < 4.78 is 40.5. The van der Waals surface area contributed by atoms with Crippen molar-refractivity contribution in [3.05, 3.63) is 70.6 Å². The minimum absolute atomic E-state index is 0.0466. The topological polar surface area (TPSA) is 171 Å². The van der Waals surface area contributed by atoms with Gasteiger partial charge in [0.25, 0.3) is 5.91 Å². The van der Waals surface area contributed by atoms with Gasteiger partial charge in [-0.15, -0.1) is 11.3 Å². The van der Waals surface area contributed by atoms with Crippen LogP contribution in [0.3, 0.4) is 0 Å². The zero-order chi connectivity index (χ0) is 34.5.